The normalized spacial score (nSPS) is 14.7. The monoisotopic (exact) mass is 483 g/mol. The first-order chi connectivity index (χ1) is 16.8. The lowest BCUT2D eigenvalue weighted by Gasteiger charge is -2.28. The van der Waals surface area contributed by atoms with Crippen molar-refractivity contribution in [3.8, 4) is 11.5 Å². The van der Waals surface area contributed by atoms with E-state index >= 15 is 0 Å². The highest BCUT2D eigenvalue weighted by atomic mass is 19.1. The number of hydrogen-bond donors (Lipinski definition) is 3. The maximum Gasteiger partial charge on any atom is 0.267 e. The predicted molar refractivity (Wildman–Crippen MR) is 140 cm³/mol. The molecule has 35 heavy (non-hydrogen) atoms. The molecule has 0 saturated heterocycles. The molecule has 0 fully saturated rings. The minimum Gasteiger partial charge on any atom is -0.508 e. The molecule has 1 heterocycles. The Kier molecular flexibility index (Phi) is 9.55. The largest absolute Gasteiger partial charge is 0.508 e. The zero-order chi connectivity index (χ0) is 25.4. The third-order valence-corrected chi connectivity index (χ3v) is 6.34. The van der Waals surface area contributed by atoms with Crippen molar-refractivity contribution in [2.24, 2.45) is 0 Å². The number of anilines is 2. The summed E-state index contributed by atoms with van der Waals surface area (Å²) >= 11 is 0. The van der Waals surface area contributed by atoms with Crippen LogP contribution in [0.15, 0.2) is 36.9 Å². The Morgan fingerprint density at radius 2 is 1.97 bits per heavy atom. The SMILES string of the molecule is C=CCCCCc1cc(CCCN(C)C)c(NC(=O)C2CNc3cc(CF)c(C)cc3O2)cc1O. The Bertz CT molecular complexity index is 1040. The fourth-order valence-corrected chi connectivity index (χ4v) is 4.26. The highest BCUT2D eigenvalue weighted by Gasteiger charge is 2.27. The number of unbranched alkanes of at least 4 members (excludes halogenated alkanes) is 2. The zero-order valence-electron chi connectivity index (χ0n) is 21.1. The maximum atomic E-state index is 13.2. The Morgan fingerprint density at radius 1 is 1.20 bits per heavy atom. The number of halogens is 1. The molecule has 2 aromatic rings. The number of nitrogens with one attached hydrogen (secondary N) is 2. The van der Waals surface area contributed by atoms with Gasteiger partial charge in [-0.3, -0.25) is 4.79 Å². The molecular formula is C28H38FN3O3. The van der Waals surface area contributed by atoms with Crippen LogP contribution in [0.2, 0.25) is 0 Å². The topological polar surface area (TPSA) is 73.8 Å². The molecule has 0 radical (unpaired) electrons. The van der Waals surface area contributed by atoms with E-state index in [1.165, 1.54) is 0 Å². The molecule has 0 saturated carbocycles. The lowest BCUT2D eigenvalue weighted by molar-refractivity contribution is -0.122. The molecule has 0 aliphatic carbocycles. The van der Waals surface area contributed by atoms with Gasteiger partial charge in [0.2, 0.25) is 0 Å². The van der Waals surface area contributed by atoms with Crippen LogP contribution in [0.1, 0.15) is 47.9 Å². The van der Waals surface area contributed by atoms with Crippen LogP contribution in [0.25, 0.3) is 0 Å². The van der Waals surface area contributed by atoms with Crippen LogP contribution in [-0.2, 0) is 24.3 Å². The van der Waals surface area contributed by atoms with Crippen molar-refractivity contribution in [3.05, 3.63) is 59.2 Å². The average molecular weight is 484 g/mol. The van der Waals surface area contributed by atoms with Crippen molar-refractivity contribution in [1.29, 1.82) is 0 Å². The highest BCUT2D eigenvalue weighted by Crippen LogP contribution is 2.34. The van der Waals surface area contributed by atoms with Crippen molar-refractivity contribution in [3.63, 3.8) is 0 Å². The third-order valence-electron chi connectivity index (χ3n) is 6.34. The lowest BCUT2D eigenvalue weighted by Crippen LogP contribution is -2.41. The standard InChI is InChI=1S/C28H38FN3O3/c1-5-6-7-8-10-21-14-20(11-9-12-32(3)4)23(16-25(21)33)31-28(34)27-18-30-24-15-22(17-29)19(2)13-26(24)35-27/h5,13-16,27,30,33H,1,6-12,17-18H2,2-4H3,(H,31,34). The molecule has 3 rings (SSSR count). The smallest absolute Gasteiger partial charge is 0.267 e. The van der Waals surface area contributed by atoms with E-state index in [9.17, 15) is 14.3 Å². The van der Waals surface area contributed by atoms with Crippen LogP contribution < -0.4 is 15.4 Å². The van der Waals surface area contributed by atoms with Crippen LogP contribution in [-0.4, -0.2) is 49.2 Å². The number of amides is 1. The molecule has 1 aliphatic rings. The van der Waals surface area contributed by atoms with Crippen molar-refractivity contribution in [2.45, 2.75) is 58.2 Å². The average Bonchev–Trinajstić information content (AvgIpc) is 2.82. The van der Waals surface area contributed by atoms with Gasteiger partial charge in [-0.25, -0.2) is 4.39 Å². The van der Waals surface area contributed by atoms with Crippen molar-refractivity contribution in [2.75, 3.05) is 37.8 Å². The van der Waals surface area contributed by atoms with E-state index in [4.69, 9.17) is 4.74 Å². The maximum absolute atomic E-state index is 13.2. The number of alkyl halides is 1. The number of aryl methyl sites for hydroxylation is 3. The fraction of sp³-hybridized carbons (Fsp3) is 0.464. The van der Waals surface area contributed by atoms with Crippen LogP contribution in [0.3, 0.4) is 0 Å². The number of allylic oxidation sites excluding steroid dienone is 1. The molecule has 1 atom stereocenters. The number of phenols is 1. The van der Waals surface area contributed by atoms with E-state index in [2.05, 4.69) is 22.1 Å². The van der Waals surface area contributed by atoms with Gasteiger partial charge in [0, 0.05) is 11.8 Å². The zero-order valence-corrected chi connectivity index (χ0v) is 21.1. The third kappa shape index (κ3) is 7.21. The summed E-state index contributed by atoms with van der Waals surface area (Å²) in [7, 11) is 4.07. The van der Waals surface area contributed by atoms with E-state index in [0.717, 1.165) is 61.8 Å². The number of benzene rings is 2. The molecule has 3 N–H and O–H groups in total. The van der Waals surface area contributed by atoms with Gasteiger partial charge in [-0.05, 0) is 100 Å². The van der Waals surface area contributed by atoms with E-state index < -0.39 is 12.8 Å². The summed E-state index contributed by atoms with van der Waals surface area (Å²) in [5.74, 6) is 0.440. The number of aromatic hydroxyl groups is 1. The van der Waals surface area contributed by atoms with Crippen molar-refractivity contribution >= 4 is 17.3 Å². The molecule has 6 nitrogen and oxygen atoms in total. The van der Waals surface area contributed by atoms with Crippen LogP contribution in [0.5, 0.6) is 11.5 Å². The molecule has 0 aromatic heterocycles. The summed E-state index contributed by atoms with van der Waals surface area (Å²) in [6.07, 6.45) is 6.61. The van der Waals surface area contributed by atoms with Crippen molar-refractivity contribution in [1.82, 2.24) is 4.90 Å². The van der Waals surface area contributed by atoms with Gasteiger partial charge in [-0.15, -0.1) is 6.58 Å². The van der Waals surface area contributed by atoms with Crippen LogP contribution >= 0.6 is 0 Å². The van der Waals surface area contributed by atoms with E-state index in [0.29, 0.717) is 22.7 Å². The Morgan fingerprint density at radius 3 is 2.69 bits per heavy atom. The van der Waals surface area contributed by atoms with Gasteiger partial charge in [0.1, 0.15) is 18.2 Å². The van der Waals surface area contributed by atoms with Gasteiger partial charge < -0.3 is 25.4 Å². The number of carbonyl (C=O) groups is 1. The second kappa shape index (κ2) is 12.6. The van der Waals surface area contributed by atoms with Gasteiger partial charge in [0.25, 0.3) is 5.91 Å². The van der Waals surface area contributed by atoms with E-state index in [-0.39, 0.29) is 18.2 Å². The summed E-state index contributed by atoms with van der Waals surface area (Å²) in [5, 5.41) is 16.8. The van der Waals surface area contributed by atoms with Gasteiger partial charge in [-0.1, -0.05) is 12.1 Å². The predicted octanol–water partition coefficient (Wildman–Crippen LogP) is 5.37. The minimum absolute atomic E-state index is 0.192. The first kappa shape index (κ1) is 26.5. The number of ether oxygens (including phenoxy) is 1. The molecule has 190 valence electrons. The summed E-state index contributed by atoms with van der Waals surface area (Å²) in [6, 6.07) is 7.17. The Labute approximate surface area is 208 Å². The highest BCUT2D eigenvalue weighted by molar-refractivity contribution is 5.96. The molecule has 1 amide bonds. The molecule has 1 aliphatic heterocycles. The Hall–Kier alpha value is -3.06. The first-order valence-corrected chi connectivity index (χ1v) is 12.3. The molecule has 7 heteroatoms. The molecule has 0 spiro atoms. The number of fused-ring (bicyclic) bond motifs is 1. The van der Waals surface area contributed by atoms with Crippen LogP contribution in [0, 0.1) is 6.92 Å². The van der Waals surface area contributed by atoms with Gasteiger partial charge in [0.15, 0.2) is 6.10 Å². The number of carbonyl (C=O) groups excluding carboxylic acids is 1. The van der Waals surface area contributed by atoms with Crippen molar-refractivity contribution < 1.29 is 19.0 Å². The van der Waals surface area contributed by atoms with Gasteiger partial charge in [0.05, 0.1) is 12.2 Å². The number of hydrogen-bond acceptors (Lipinski definition) is 5. The summed E-state index contributed by atoms with van der Waals surface area (Å²) in [6.45, 7) is 6.24. The number of phenolic OH excluding ortho intramolecular Hbond substituents is 1. The van der Waals surface area contributed by atoms with Gasteiger partial charge in [-0.2, -0.15) is 0 Å². The molecule has 0 bridgehead atoms. The summed E-state index contributed by atoms with van der Waals surface area (Å²) in [4.78, 5) is 15.3. The summed E-state index contributed by atoms with van der Waals surface area (Å²) < 4.78 is 19.1. The fourth-order valence-electron chi connectivity index (χ4n) is 4.26. The number of rotatable bonds is 12. The van der Waals surface area contributed by atoms with E-state index in [1.54, 1.807) is 18.2 Å². The van der Waals surface area contributed by atoms with E-state index in [1.807, 2.05) is 33.2 Å². The van der Waals surface area contributed by atoms with Crippen LogP contribution in [0.4, 0.5) is 15.8 Å². The quantitative estimate of drug-likeness (QED) is 0.279. The van der Waals surface area contributed by atoms with Gasteiger partial charge >= 0.3 is 0 Å². The first-order valence-electron chi connectivity index (χ1n) is 12.3. The lowest BCUT2D eigenvalue weighted by atomic mass is 9.98. The second-order valence-corrected chi connectivity index (χ2v) is 9.46. The second-order valence-electron chi connectivity index (χ2n) is 9.46. The molecule has 1 unspecified atom stereocenters. The number of nitrogens with zero attached hydrogens (tertiary/aromatic N) is 1. The Balaban J connectivity index is 1.75. The molecular weight excluding hydrogens is 445 g/mol. The summed E-state index contributed by atoms with van der Waals surface area (Å²) in [5.41, 5.74) is 4.59. The molecule has 2 aromatic carbocycles. The minimum atomic E-state index is -0.742.